The molecule has 0 saturated heterocycles. The van der Waals surface area contributed by atoms with Crippen LogP contribution >= 0.6 is 0 Å². The van der Waals surface area contributed by atoms with Crippen LogP contribution in [0.5, 0.6) is 0 Å². The highest BCUT2D eigenvalue weighted by molar-refractivity contribution is 5.82. The van der Waals surface area contributed by atoms with Crippen LogP contribution < -0.4 is 0 Å². The van der Waals surface area contributed by atoms with Crippen molar-refractivity contribution in [1.82, 2.24) is 9.80 Å². The SMILES string of the molecule is CN(C)C(C1CCCCC1=O)N(C)C. The lowest BCUT2D eigenvalue weighted by Crippen LogP contribution is -2.49. The Hall–Kier alpha value is -0.410. The minimum atomic E-state index is 0.216. The maximum Gasteiger partial charge on any atom is 0.138 e. The first kappa shape index (κ1) is 11.7. The molecule has 3 heteroatoms. The van der Waals surface area contributed by atoms with Gasteiger partial charge in [0.15, 0.2) is 0 Å². The summed E-state index contributed by atoms with van der Waals surface area (Å²) in [7, 11) is 8.19. The topological polar surface area (TPSA) is 23.6 Å². The predicted octanol–water partition coefficient (Wildman–Crippen LogP) is 1.19. The molecule has 0 amide bonds. The highest BCUT2D eigenvalue weighted by Gasteiger charge is 2.32. The van der Waals surface area contributed by atoms with Crippen molar-refractivity contribution < 1.29 is 4.79 Å². The van der Waals surface area contributed by atoms with E-state index in [2.05, 4.69) is 9.80 Å². The summed E-state index contributed by atoms with van der Waals surface area (Å²) in [6, 6.07) is 0. The summed E-state index contributed by atoms with van der Waals surface area (Å²) in [4.78, 5) is 16.1. The molecule has 1 aliphatic carbocycles. The smallest absolute Gasteiger partial charge is 0.138 e. The van der Waals surface area contributed by atoms with Crippen molar-refractivity contribution in [1.29, 1.82) is 0 Å². The Balaban J connectivity index is 2.70. The number of carbonyl (C=O) groups excluding carboxylic acids is 1. The highest BCUT2D eigenvalue weighted by Crippen LogP contribution is 2.26. The lowest BCUT2D eigenvalue weighted by Gasteiger charge is -2.38. The predicted molar refractivity (Wildman–Crippen MR) is 58.1 cm³/mol. The molecular weight excluding hydrogens is 176 g/mol. The molecule has 1 unspecified atom stereocenters. The third-order valence-corrected chi connectivity index (χ3v) is 3.02. The molecule has 0 heterocycles. The summed E-state index contributed by atoms with van der Waals surface area (Å²) in [6.45, 7) is 0. The van der Waals surface area contributed by atoms with E-state index in [9.17, 15) is 4.79 Å². The van der Waals surface area contributed by atoms with Gasteiger partial charge in [-0.05, 0) is 41.0 Å². The van der Waals surface area contributed by atoms with Crippen LogP contribution in [0.4, 0.5) is 0 Å². The molecule has 1 fully saturated rings. The molecule has 1 aliphatic rings. The number of ketones is 1. The normalized spacial score (nSPS) is 23.9. The molecule has 0 aliphatic heterocycles. The largest absolute Gasteiger partial charge is 0.299 e. The van der Waals surface area contributed by atoms with E-state index >= 15 is 0 Å². The van der Waals surface area contributed by atoms with Crippen LogP contribution in [-0.2, 0) is 4.79 Å². The van der Waals surface area contributed by atoms with Crippen molar-refractivity contribution in [3.05, 3.63) is 0 Å². The molecule has 0 bridgehead atoms. The lowest BCUT2D eigenvalue weighted by molar-refractivity contribution is -0.129. The Morgan fingerprint density at radius 2 is 1.71 bits per heavy atom. The molecule has 82 valence electrons. The summed E-state index contributed by atoms with van der Waals surface area (Å²) < 4.78 is 0. The highest BCUT2D eigenvalue weighted by atomic mass is 16.1. The molecule has 0 aromatic heterocycles. The number of Topliss-reactive ketones (excluding diaryl/α,β-unsaturated/α-hetero) is 1. The van der Waals surface area contributed by atoms with Gasteiger partial charge in [-0.15, -0.1) is 0 Å². The Morgan fingerprint density at radius 1 is 1.14 bits per heavy atom. The zero-order chi connectivity index (χ0) is 10.7. The van der Waals surface area contributed by atoms with Crippen molar-refractivity contribution in [2.75, 3.05) is 28.2 Å². The second-order valence-electron chi connectivity index (χ2n) is 4.66. The van der Waals surface area contributed by atoms with Gasteiger partial charge in [0.25, 0.3) is 0 Å². The van der Waals surface area contributed by atoms with E-state index in [-0.39, 0.29) is 12.1 Å². The maximum atomic E-state index is 11.8. The second-order valence-corrected chi connectivity index (χ2v) is 4.66. The van der Waals surface area contributed by atoms with Gasteiger partial charge in [0.1, 0.15) is 5.78 Å². The van der Waals surface area contributed by atoms with Crippen LogP contribution in [0.1, 0.15) is 25.7 Å². The van der Waals surface area contributed by atoms with E-state index in [4.69, 9.17) is 0 Å². The summed E-state index contributed by atoms with van der Waals surface area (Å²) >= 11 is 0. The first-order valence-electron chi connectivity index (χ1n) is 5.39. The van der Waals surface area contributed by atoms with E-state index in [0.717, 1.165) is 19.3 Å². The zero-order valence-electron chi connectivity index (χ0n) is 9.79. The lowest BCUT2D eigenvalue weighted by atomic mass is 9.85. The van der Waals surface area contributed by atoms with Gasteiger partial charge in [-0.25, -0.2) is 0 Å². The molecule has 3 nitrogen and oxygen atoms in total. The minimum absolute atomic E-state index is 0.216. The molecular formula is C11H22N2O. The van der Waals surface area contributed by atoms with E-state index in [1.54, 1.807) is 0 Å². The van der Waals surface area contributed by atoms with Gasteiger partial charge >= 0.3 is 0 Å². The van der Waals surface area contributed by atoms with Crippen LogP contribution in [0.2, 0.25) is 0 Å². The van der Waals surface area contributed by atoms with Crippen molar-refractivity contribution in [3.63, 3.8) is 0 Å². The van der Waals surface area contributed by atoms with Gasteiger partial charge in [-0.1, -0.05) is 6.42 Å². The van der Waals surface area contributed by atoms with Crippen LogP contribution in [0.15, 0.2) is 0 Å². The van der Waals surface area contributed by atoms with E-state index in [1.165, 1.54) is 6.42 Å². The first-order chi connectivity index (χ1) is 6.54. The summed E-state index contributed by atoms with van der Waals surface area (Å²) in [5, 5.41) is 0. The number of carbonyl (C=O) groups is 1. The van der Waals surface area contributed by atoms with Gasteiger partial charge in [-0.3, -0.25) is 14.6 Å². The van der Waals surface area contributed by atoms with Crippen LogP contribution in [0.3, 0.4) is 0 Å². The van der Waals surface area contributed by atoms with Gasteiger partial charge < -0.3 is 0 Å². The molecule has 0 N–H and O–H groups in total. The molecule has 0 radical (unpaired) electrons. The summed E-state index contributed by atoms with van der Waals surface area (Å²) in [5.74, 6) is 0.664. The van der Waals surface area contributed by atoms with Crippen LogP contribution in [0.25, 0.3) is 0 Å². The van der Waals surface area contributed by atoms with Gasteiger partial charge in [0, 0.05) is 12.3 Å². The molecule has 1 rings (SSSR count). The fourth-order valence-corrected chi connectivity index (χ4v) is 2.51. The second kappa shape index (κ2) is 4.89. The maximum absolute atomic E-state index is 11.8. The standard InChI is InChI=1S/C11H22N2O/c1-12(2)11(13(3)4)9-7-5-6-8-10(9)14/h9,11H,5-8H2,1-4H3. The fourth-order valence-electron chi connectivity index (χ4n) is 2.51. The molecule has 1 saturated carbocycles. The molecule has 1 atom stereocenters. The Morgan fingerprint density at radius 3 is 2.14 bits per heavy atom. The fraction of sp³-hybridized carbons (Fsp3) is 0.909. The van der Waals surface area contributed by atoms with Crippen molar-refractivity contribution in [2.45, 2.75) is 31.8 Å². The third-order valence-electron chi connectivity index (χ3n) is 3.02. The van der Waals surface area contributed by atoms with Crippen LogP contribution in [-0.4, -0.2) is 49.9 Å². The third kappa shape index (κ3) is 2.55. The van der Waals surface area contributed by atoms with Crippen LogP contribution in [0, 0.1) is 5.92 Å². The summed E-state index contributed by atoms with van der Waals surface area (Å²) in [5.41, 5.74) is 0. The van der Waals surface area contributed by atoms with Gasteiger partial charge in [0.05, 0.1) is 6.17 Å². The Kier molecular flexibility index (Phi) is 4.08. The van der Waals surface area contributed by atoms with Crippen molar-refractivity contribution in [2.24, 2.45) is 5.92 Å². The number of rotatable bonds is 3. The van der Waals surface area contributed by atoms with E-state index in [0.29, 0.717) is 5.78 Å². The number of hydrogen-bond donors (Lipinski definition) is 0. The minimum Gasteiger partial charge on any atom is -0.299 e. The average molecular weight is 198 g/mol. The van der Waals surface area contributed by atoms with Crippen molar-refractivity contribution >= 4 is 5.78 Å². The molecule has 14 heavy (non-hydrogen) atoms. The first-order valence-corrected chi connectivity index (χ1v) is 5.39. The quantitative estimate of drug-likeness (QED) is 0.637. The van der Waals surface area contributed by atoms with E-state index < -0.39 is 0 Å². The van der Waals surface area contributed by atoms with Crippen molar-refractivity contribution in [3.8, 4) is 0 Å². The zero-order valence-corrected chi connectivity index (χ0v) is 9.79. The monoisotopic (exact) mass is 198 g/mol. The Labute approximate surface area is 87.1 Å². The van der Waals surface area contributed by atoms with Gasteiger partial charge in [0.2, 0.25) is 0 Å². The summed E-state index contributed by atoms with van der Waals surface area (Å²) in [6.07, 6.45) is 4.39. The molecule has 0 aromatic carbocycles. The molecule has 0 aromatic rings. The average Bonchev–Trinajstić information content (AvgIpc) is 2.07. The van der Waals surface area contributed by atoms with Gasteiger partial charge in [-0.2, -0.15) is 0 Å². The Bertz CT molecular complexity index is 193. The number of nitrogens with zero attached hydrogens (tertiary/aromatic N) is 2. The number of hydrogen-bond acceptors (Lipinski definition) is 3. The van der Waals surface area contributed by atoms with E-state index in [1.807, 2.05) is 28.2 Å². The molecule has 0 spiro atoms.